The molecule has 2 aromatic rings. The summed E-state index contributed by atoms with van der Waals surface area (Å²) in [6.07, 6.45) is 1.76. The average Bonchev–Trinajstić information content (AvgIpc) is 2.45. The molecule has 2 rings (SSSR count). The van der Waals surface area contributed by atoms with E-state index in [1.54, 1.807) is 0 Å². The summed E-state index contributed by atoms with van der Waals surface area (Å²) >= 11 is 0. The number of aryl methyl sites for hydroxylation is 1. The van der Waals surface area contributed by atoms with Crippen molar-refractivity contribution in [2.24, 2.45) is 5.73 Å². The number of nitrogens with two attached hydrogens (primary N) is 1. The highest BCUT2D eigenvalue weighted by Gasteiger charge is 2.16. The Labute approximate surface area is 120 Å². The van der Waals surface area contributed by atoms with Gasteiger partial charge in [-0.25, -0.2) is 0 Å². The van der Waals surface area contributed by atoms with Gasteiger partial charge in [0.05, 0.1) is 5.92 Å². The van der Waals surface area contributed by atoms with Crippen molar-refractivity contribution in [3.63, 3.8) is 0 Å². The van der Waals surface area contributed by atoms with Gasteiger partial charge in [-0.3, -0.25) is 4.79 Å². The number of rotatable bonds is 5. The van der Waals surface area contributed by atoms with Crippen LogP contribution < -0.4 is 5.73 Å². The van der Waals surface area contributed by atoms with Gasteiger partial charge in [-0.1, -0.05) is 67.4 Å². The Morgan fingerprint density at radius 1 is 1.10 bits per heavy atom. The minimum absolute atomic E-state index is 0.174. The zero-order chi connectivity index (χ0) is 14.5. The summed E-state index contributed by atoms with van der Waals surface area (Å²) in [5.74, 6) is -0.415. The predicted octanol–water partition coefficient (Wildman–Crippen LogP) is 4.03. The zero-order valence-electron chi connectivity index (χ0n) is 12.1. The molecule has 0 aliphatic rings. The van der Waals surface area contributed by atoms with Crippen molar-refractivity contribution in [1.82, 2.24) is 0 Å². The SMILES string of the molecule is CCCC(C(N)=O)c1ccc(-c2cccc(C)c2)cc1. The summed E-state index contributed by atoms with van der Waals surface area (Å²) in [5.41, 5.74) is 10.1. The molecule has 0 radical (unpaired) electrons. The van der Waals surface area contributed by atoms with E-state index in [4.69, 9.17) is 5.73 Å². The molecule has 2 heteroatoms. The largest absolute Gasteiger partial charge is 0.369 e. The van der Waals surface area contributed by atoms with Crippen LogP contribution in [0.2, 0.25) is 0 Å². The van der Waals surface area contributed by atoms with E-state index in [1.165, 1.54) is 11.1 Å². The van der Waals surface area contributed by atoms with Gasteiger partial charge in [0, 0.05) is 0 Å². The average molecular weight is 267 g/mol. The lowest BCUT2D eigenvalue weighted by molar-refractivity contribution is -0.119. The van der Waals surface area contributed by atoms with Crippen LogP contribution in [0.5, 0.6) is 0 Å². The van der Waals surface area contributed by atoms with Crippen molar-refractivity contribution in [3.05, 3.63) is 59.7 Å². The lowest BCUT2D eigenvalue weighted by Gasteiger charge is -2.13. The van der Waals surface area contributed by atoms with Gasteiger partial charge in [-0.15, -0.1) is 0 Å². The molecule has 0 saturated heterocycles. The van der Waals surface area contributed by atoms with Gasteiger partial charge in [-0.2, -0.15) is 0 Å². The van der Waals surface area contributed by atoms with Crippen molar-refractivity contribution in [3.8, 4) is 11.1 Å². The molecule has 0 bridgehead atoms. The number of amides is 1. The van der Waals surface area contributed by atoms with Gasteiger partial charge in [0.15, 0.2) is 0 Å². The summed E-state index contributed by atoms with van der Waals surface area (Å²) < 4.78 is 0. The molecule has 1 unspecified atom stereocenters. The first-order valence-corrected chi connectivity index (χ1v) is 7.08. The van der Waals surface area contributed by atoms with Crippen LogP contribution in [-0.4, -0.2) is 5.91 Å². The Morgan fingerprint density at radius 3 is 2.35 bits per heavy atom. The van der Waals surface area contributed by atoms with E-state index in [0.29, 0.717) is 0 Å². The van der Waals surface area contributed by atoms with Gasteiger partial charge in [0.2, 0.25) is 5.91 Å². The van der Waals surface area contributed by atoms with Crippen LogP contribution in [0.25, 0.3) is 11.1 Å². The predicted molar refractivity (Wildman–Crippen MR) is 83.5 cm³/mol. The first-order valence-electron chi connectivity index (χ1n) is 7.08. The van der Waals surface area contributed by atoms with Crippen LogP contribution in [0.4, 0.5) is 0 Å². The number of carbonyl (C=O) groups is 1. The molecule has 0 fully saturated rings. The Morgan fingerprint density at radius 2 is 1.80 bits per heavy atom. The van der Waals surface area contributed by atoms with Crippen molar-refractivity contribution in [1.29, 1.82) is 0 Å². The topological polar surface area (TPSA) is 43.1 Å². The number of hydrogen-bond acceptors (Lipinski definition) is 1. The molecule has 0 aliphatic carbocycles. The van der Waals surface area contributed by atoms with Crippen LogP contribution in [0.3, 0.4) is 0 Å². The first kappa shape index (κ1) is 14.3. The van der Waals surface area contributed by atoms with E-state index in [2.05, 4.69) is 50.2 Å². The molecular formula is C18H21NO. The van der Waals surface area contributed by atoms with Crippen molar-refractivity contribution in [2.75, 3.05) is 0 Å². The van der Waals surface area contributed by atoms with Crippen LogP contribution in [-0.2, 0) is 4.79 Å². The molecule has 2 aromatic carbocycles. The maximum absolute atomic E-state index is 11.5. The summed E-state index contributed by atoms with van der Waals surface area (Å²) in [7, 11) is 0. The smallest absolute Gasteiger partial charge is 0.224 e. The number of primary amides is 1. The third kappa shape index (κ3) is 3.27. The summed E-state index contributed by atoms with van der Waals surface area (Å²) in [6.45, 7) is 4.15. The normalized spacial score (nSPS) is 12.1. The van der Waals surface area contributed by atoms with Crippen molar-refractivity contribution >= 4 is 5.91 Å². The molecule has 0 aromatic heterocycles. The molecule has 20 heavy (non-hydrogen) atoms. The number of carbonyl (C=O) groups excluding carboxylic acids is 1. The molecule has 0 spiro atoms. The highest BCUT2D eigenvalue weighted by atomic mass is 16.1. The Hall–Kier alpha value is -2.09. The fourth-order valence-electron chi connectivity index (χ4n) is 2.49. The van der Waals surface area contributed by atoms with E-state index in [0.717, 1.165) is 24.0 Å². The zero-order valence-corrected chi connectivity index (χ0v) is 12.1. The van der Waals surface area contributed by atoms with Crippen LogP contribution in [0.1, 0.15) is 36.8 Å². The monoisotopic (exact) mass is 267 g/mol. The second kappa shape index (κ2) is 6.38. The molecule has 1 amide bonds. The van der Waals surface area contributed by atoms with Crippen LogP contribution in [0.15, 0.2) is 48.5 Å². The second-order valence-electron chi connectivity index (χ2n) is 5.24. The molecule has 1 atom stereocenters. The van der Waals surface area contributed by atoms with Gasteiger partial charge in [0.25, 0.3) is 0 Å². The maximum atomic E-state index is 11.5. The van der Waals surface area contributed by atoms with E-state index in [1.807, 2.05) is 12.1 Å². The molecule has 0 heterocycles. The molecule has 0 saturated carbocycles. The van der Waals surface area contributed by atoms with Crippen molar-refractivity contribution < 1.29 is 4.79 Å². The lowest BCUT2D eigenvalue weighted by atomic mass is 9.92. The minimum Gasteiger partial charge on any atom is -0.369 e. The quantitative estimate of drug-likeness (QED) is 0.873. The lowest BCUT2D eigenvalue weighted by Crippen LogP contribution is -2.21. The van der Waals surface area contributed by atoms with Crippen molar-refractivity contribution in [2.45, 2.75) is 32.6 Å². The van der Waals surface area contributed by atoms with Gasteiger partial charge in [-0.05, 0) is 30.0 Å². The Bertz CT molecular complexity index is 587. The van der Waals surface area contributed by atoms with Gasteiger partial charge < -0.3 is 5.73 Å². The van der Waals surface area contributed by atoms with E-state index < -0.39 is 0 Å². The molecule has 2 N–H and O–H groups in total. The number of hydrogen-bond donors (Lipinski definition) is 1. The standard InChI is InChI=1S/C18H21NO/c1-3-5-17(18(19)20)15-10-8-14(9-11-15)16-7-4-6-13(2)12-16/h4,6-12,17H,3,5H2,1-2H3,(H2,19,20). The molecule has 2 nitrogen and oxygen atoms in total. The third-order valence-corrected chi connectivity index (χ3v) is 3.59. The first-order chi connectivity index (χ1) is 9.61. The molecular weight excluding hydrogens is 246 g/mol. The van der Waals surface area contributed by atoms with Gasteiger partial charge >= 0.3 is 0 Å². The van der Waals surface area contributed by atoms with E-state index in [-0.39, 0.29) is 11.8 Å². The number of benzene rings is 2. The molecule has 0 aliphatic heterocycles. The second-order valence-corrected chi connectivity index (χ2v) is 5.24. The minimum atomic E-state index is -0.241. The maximum Gasteiger partial charge on any atom is 0.224 e. The highest BCUT2D eigenvalue weighted by Crippen LogP contribution is 2.25. The fourth-order valence-corrected chi connectivity index (χ4v) is 2.49. The van der Waals surface area contributed by atoms with Crippen LogP contribution >= 0.6 is 0 Å². The summed E-state index contributed by atoms with van der Waals surface area (Å²) in [5, 5.41) is 0. The molecule has 104 valence electrons. The summed E-state index contributed by atoms with van der Waals surface area (Å²) in [4.78, 5) is 11.5. The highest BCUT2D eigenvalue weighted by molar-refractivity contribution is 5.82. The van der Waals surface area contributed by atoms with E-state index in [9.17, 15) is 4.79 Å². The Kier molecular flexibility index (Phi) is 4.57. The third-order valence-electron chi connectivity index (χ3n) is 3.59. The Balaban J connectivity index is 2.27. The van der Waals surface area contributed by atoms with Crippen LogP contribution in [0, 0.1) is 6.92 Å². The fraction of sp³-hybridized carbons (Fsp3) is 0.278. The van der Waals surface area contributed by atoms with Gasteiger partial charge in [0.1, 0.15) is 0 Å². The van der Waals surface area contributed by atoms with E-state index >= 15 is 0 Å². The summed E-state index contributed by atoms with van der Waals surface area (Å²) in [6, 6.07) is 16.6.